The topological polar surface area (TPSA) is 78.8 Å². The van der Waals surface area contributed by atoms with Gasteiger partial charge in [-0.25, -0.2) is 13.8 Å². The second-order valence-electron chi connectivity index (χ2n) is 6.47. The van der Waals surface area contributed by atoms with E-state index in [4.69, 9.17) is 0 Å². The van der Waals surface area contributed by atoms with Crippen LogP contribution in [0.2, 0.25) is 0 Å². The van der Waals surface area contributed by atoms with Gasteiger partial charge in [-0.05, 0) is 41.5 Å². The lowest BCUT2D eigenvalue weighted by Crippen LogP contribution is -2.36. The summed E-state index contributed by atoms with van der Waals surface area (Å²) in [5, 5.41) is 6.11. The van der Waals surface area contributed by atoms with Gasteiger partial charge in [0.1, 0.15) is 0 Å². The van der Waals surface area contributed by atoms with Gasteiger partial charge < -0.3 is 0 Å². The second kappa shape index (κ2) is 8.33. The van der Waals surface area contributed by atoms with Crippen LogP contribution in [0.3, 0.4) is 0 Å². The van der Waals surface area contributed by atoms with Crippen LogP contribution in [0.1, 0.15) is 11.1 Å². The van der Waals surface area contributed by atoms with Crippen molar-refractivity contribution in [1.29, 1.82) is 0 Å². The van der Waals surface area contributed by atoms with E-state index in [1.807, 2.05) is 49.4 Å². The van der Waals surface area contributed by atoms with Gasteiger partial charge in [-0.15, -0.1) is 0 Å². The third-order valence-electron chi connectivity index (χ3n) is 4.27. The molecule has 0 aliphatic heterocycles. The maximum absolute atomic E-state index is 12.5. The molecule has 1 amide bonds. The van der Waals surface area contributed by atoms with E-state index in [0.717, 1.165) is 26.2 Å². The van der Waals surface area contributed by atoms with E-state index >= 15 is 0 Å². The summed E-state index contributed by atoms with van der Waals surface area (Å²) in [4.78, 5) is 12.2. The molecule has 1 N–H and O–H groups in total. The standard InChI is InChI=1S/C21H21N3O3S/c1-16-7-11-20(12-8-16)28(26,27)24(2)15-21(25)23-22-14-17-9-10-18-5-3-4-6-19(18)13-17/h3-14H,15H2,1-2H3,(H,23,25)/b22-14-. The molecular formula is C21H21N3O3S. The zero-order valence-electron chi connectivity index (χ0n) is 15.7. The van der Waals surface area contributed by atoms with Crippen LogP contribution in [0.5, 0.6) is 0 Å². The average molecular weight is 395 g/mol. The lowest BCUT2D eigenvalue weighted by molar-refractivity contribution is -0.121. The average Bonchev–Trinajstić information content (AvgIpc) is 2.68. The molecule has 0 aromatic heterocycles. The molecule has 0 aliphatic rings. The molecule has 0 atom stereocenters. The van der Waals surface area contributed by atoms with Crippen molar-refractivity contribution in [2.75, 3.05) is 13.6 Å². The lowest BCUT2D eigenvalue weighted by atomic mass is 10.1. The van der Waals surface area contributed by atoms with Gasteiger partial charge in [0.05, 0.1) is 17.7 Å². The number of hydrogen-bond acceptors (Lipinski definition) is 4. The molecular weight excluding hydrogens is 374 g/mol. The first kappa shape index (κ1) is 19.7. The number of rotatable bonds is 6. The second-order valence-corrected chi connectivity index (χ2v) is 8.52. The molecule has 0 saturated carbocycles. The van der Waals surface area contributed by atoms with Gasteiger partial charge in [0.15, 0.2) is 0 Å². The summed E-state index contributed by atoms with van der Waals surface area (Å²) in [6.45, 7) is 1.55. The number of nitrogens with zero attached hydrogens (tertiary/aromatic N) is 2. The minimum atomic E-state index is -3.73. The minimum Gasteiger partial charge on any atom is -0.272 e. The van der Waals surface area contributed by atoms with Crippen LogP contribution in [-0.2, 0) is 14.8 Å². The van der Waals surface area contributed by atoms with Crippen LogP contribution >= 0.6 is 0 Å². The number of nitrogens with one attached hydrogen (secondary N) is 1. The molecule has 7 heteroatoms. The maximum atomic E-state index is 12.5. The Balaban J connectivity index is 1.61. The van der Waals surface area contributed by atoms with Crippen molar-refractivity contribution in [1.82, 2.24) is 9.73 Å². The third kappa shape index (κ3) is 4.62. The first-order chi connectivity index (χ1) is 13.4. The molecule has 3 aromatic carbocycles. The molecule has 6 nitrogen and oxygen atoms in total. The fourth-order valence-electron chi connectivity index (χ4n) is 2.68. The normalized spacial score (nSPS) is 12.0. The molecule has 0 fully saturated rings. The Morgan fingerprint density at radius 1 is 1.04 bits per heavy atom. The molecule has 3 rings (SSSR count). The van der Waals surface area contributed by atoms with Crippen molar-refractivity contribution in [3.05, 3.63) is 77.9 Å². The van der Waals surface area contributed by atoms with Crippen LogP contribution in [0.15, 0.2) is 76.7 Å². The van der Waals surface area contributed by atoms with Crippen molar-refractivity contribution in [2.45, 2.75) is 11.8 Å². The molecule has 0 bridgehead atoms. The van der Waals surface area contributed by atoms with Crippen molar-refractivity contribution >= 4 is 32.9 Å². The Kier molecular flexibility index (Phi) is 5.87. The molecule has 3 aromatic rings. The maximum Gasteiger partial charge on any atom is 0.255 e. The van der Waals surface area contributed by atoms with Crippen LogP contribution in [0, 0.1) is 6.92 Å². The predicted molar refractivity (Wildman–Crippen MR) is 111 cm³/mol. The molecule has 28 heavy (non-hydrogen) atoms. The molecule has 0 aliphatic carbocycles. The number of sulfonamides is 1. The highest BCUT2D eigenvalue weighted by molar-refractivity contribution is 7.89. The van der Waals surface area contributed by atoms with E-state index in [1.54, 1.807) is 12.1 Å². The summed E-state index contributed by atoms with van der Waals surface area (Å²) in [5.74, 6) is -0.518. The predicted octanol–water partition coefficient (Wildman–Crippen LogP) is 2.92. The first-order valence-electron chi connectivity index (χ1n) is 8.70. The Hall–Kier alpha value is -3.03. The van der Waals surface area contributed by atoms with E-state index in [1.165, 1.54) is 25.4 Å². The summed E-state index contributed by atoms with van der Waals surface area (Å²) >= 11 is 0. The number of carbonyl (C=O) groups is 1. The van der Waals surface area contributed by atoms with Gasteiger partial charge in [-0.3, -0.25) is 4.79 Å². The van der Waals surface area contributed by atoms with Crippen LogP contribution in [0.25, 0.3) is 10.8 Å². The molecule has 0 radical (unpaired) electrons. The minimum absolute atomic E-state index is 0.146. The van der Waals surface area contributed by atoms with E-state index in [-0.39, 0.29) is 11.4 Å². The quantitative estimate of drug-likeness (QED) is 0.515. The number of fused-ring (bicyclic) bond motifs is 1. The molecule has 0 heterocycles. The van der Waals surface area contributed by atoms with Gasteiger partial charge >= 0.3 is 0 Å². The molecule has 0 spiro atoms. The molecule has 144 valence electrons. The first-order valence-corrected chi connectivity index (χ1v) is 10.1. The van der Waals surface area contributed by atoms with E-state index in [9.17, 15) is 13.2 Å². The number of aryl methyl sites for hydroxylation is 1. The smallest absolute Gasteiger partial charge is 0.255 e. The van der Waals surface area contributed by atoms with Gasteiger partial charge in [-0.2, -0.15) is 9.41 Å². The zero-order valence-corrected chi connectivity index (χ0v) is 16.5. The number of hydrazone groups is 1. The number of carbonyl (C=O) groups excluding carboxylic acids is 1. The van der Waals surface area contributed by atoms with Crippen LogP contribution < -0.4 is 5.43 Å². The molecule has 0 saturated heterocycles. The van der Waals surface area contributed by atoms with Gasteiger partial charge in [-0.1, -0.05) is 54.1 Å². The van der Waals surface area contributed by atoms with E-state index in [0.29, 0.717) is 0 Å². The summed E-state index contributed by atoms with van der Waals surface area (Å²) < 4.78 is 26.0. The summed E-state index contributed by atoms with van der Waals surface area (Å²) in [6.07, 6.45) is 1.53. The Morgan fingerprint density at radius 2 is 1.71 bits per heavy atom. The Bertz CT molecular complexity index is 1120. The highest BCUT2D eigenvalue weighted by Gasteiger charge is 2.22. The monoisotopic (exact) mass is 395 g/mol. The lowest BCUT2D eigenvalue weighted by Gasteiger charge is -2.16. The fourth-order valence-corrected chi connectivity index (χ4v) is 3.81. The highest BCUT2D eigenvalue weighted by atomic mass is 32.2. The van der Waals surface area contributed by atoms with Gasteiger partial charge in [0.25, 0.3) is 5.91 Å². The Labute approximate surface area is 164 Å². The van der Waals surface area contributed by atoms with Crippen molar-refractivity contribution < 1.29 is 13.2 Å². The summed E-state index contributed by atoms with van der Waals surface area (Å²) in [6, 6.07) is 20.2. The zero-order chi connectivity index (χ0) is 20.1. The summed E-state index contributed by atoms with van der Waals surface area (Å²) in [7, 11) is -2.37. The van der Waals surface area contributed by atoms with Gasteiger partial charge in [0.2, 0.25) is 10.0 Å². The van der Waals surface area contributed by atoms with Crippen LogP contribution in [-0.4, -0.2) is 38.4 Å². The fraction of sp³-hybridized carbons (Fsp3) is 0.143. The number of likely N-dealkylation sites (N-methyl/N-ethyl adjacent to an activating group) is 1. The number of hydrogen-bond donors (Lipinski definition) is 1. The highest BCUT2D eigenvalue weighted by Crippen LogP contribution is 2.15. The van der Waals surface area contributed by atoms with Crippen LogP contribution in [0.4, 0.5) is 0 Å². The van der Waals surface area contributed by atoms with Crippen molar-refractivity contribution in [3.8, 4) is 0 Å². The third-order valence-corrected chi connectivity index (χ3v) is 6.09. The van der Waals surface area contributed by atoms with Crippen molar-refractivity contribution in [3.63, 3.8) is 0 Å². The van der Waals surface area contributed by atoms with E-state index in [2.05, 4.69) is 10.5 Å². The summed E-state index contributed by atoms with van der Waals surface area (Å²) in [5.41, 5.74) is 4.16. The Morgan fingerprint density at radius 3 is 2.43 bits per heavy atom. The number of amides is 1. The van der Waals surface area contributed by atoms with Gasteiger partial charge in [0, 0.05) is 7.05 Å². The van der Waals surface area contributed by atoms with E-state index < -0.39 is 15.9 Å². The SMILES string of the molecule is Cc1ccc(S(=O)(=O)N(C)CC(=O)N/N=C\c2ccc3ccccc3c2)cc1. The largest absolute Gasteiger partial charge is 0.272 e. The number of benzene rings is 3. The molecule has 0 unspecified atom stereocenters. The van der Waals surface area contributed by atoms with Crippen molar-refractivity contribution in [2.24, 2.45) is 5.10 Å².